The first-order chi connectivity index (χ1) is 18.5. The number of hydrogen-bond donors (Lipinski definition) is 3. The van der Waals surface area contributed by atoms with E-state index in [2.05, 4.69) is 57.1 Å². The zero-order valence-corrected chi connectivity index (χ0v) is 21.8. The van der Waals surface area contributed by atoms with Crippen LogP contribution in [0.1, 0.15) is 30.9 Å². The second-order valence-corrected chi connectivity index (χ2v) is 10.9. The molecule has 0 radical (unpaired) electrons. The Morgan fingerprint density at radius 2 is 2.11 bits per heavy atom. The standard InChI is InChI=1S/C29H35FN6O2/c1-18-12-21(16-35(14-18)17-23-24(30)4-3-5-26(23)38-2)32-29(37)19-6-8-25-22(13-19)28(34-33-25)20-7-9-27-31-10-11-36(27)15-20/h3-11,15,18-19,21-22,25,29,32-33,37H,12-14,16-17H2,1-2H3/t18-,19?,21-,22?,25?,29?/m1/s1. The molecule has 1 aromatic carbocycles. The van der Waals surface area contributed by atoms with E-state index in [1.165, 1.54) is 6.07 Å². The van der Waals surface area contributed by atoms with Crippen molar-refractivity contribution < 1.29 is 14.2 Å². The molecule has 6 rings (SSSR count). The Morgan fingerprint density at radius 1 is 1.21 bits per heavy atom. The van der Waals surface area contributed by atoms with Gasteiger partial charge in [-0.1, -0.05) is 25.1 Å². The normalized spacial score (nSPS) is 28.1. The molecule has 1 aliphatic carbocycles. The summed E-state index contributed by atoms with van der Waals surface area (Å²) >= 11 is 0. The van der Waals surface area contributed by atoms with Crippen LogP contribution in [0.5, 0.6) is 5.75 Å². The van der Waals surface area contributed by atoms with E-state index in [1.54, 1.807) is 25.4 Å². The van der Waals surface area contributed by atoms with Gasteiger partial charge in [0.25, 0.3) is 0 Å². The molecule has 3 aromatic rings. The molecule has 4 unspecified atom stereocenters. The maximum absolute atomic E-state index is 14.6. The fourth-order valence-corrected chi connectivity index (χ4v) is 6.32. The summed E-state index contributed by atoms with van der Waals surface area (Å²) in [4.78, 5) is 6.59. The average molecular weight is 519 g/mol. The lowest BCUT2D eigenvalue weighted by atomic mass is 9.79. The van der Waals surface area contributed by atoms with E-state index in [1.807, 2.05) is 16.7 Å². The second kappa shape index (κ2) is 10.5. The molecule has 200 valence electrons. The lowest BCUT2D eigenvalue weighted by Crippen LogP contribution is -2.53. The highest BCUT2D eigenvalue weighted by molar-refractivity contribution is 6.03. The third kappa shape index (κ3) is 4.93. The fraction of sp³-hybridized carbons (Fsp3) is 0.448. The summed E-state index contributed by atoms with van der Waals surface area (Å²) in [6, 6.07) is 9.27. The number of aliphatic hydroxyl groups excluding tert-OH is 1. The molecule has 1 saturated heterocycles. The third-order valence-corrected chi connectivity index (χ3v) is 8.12. The Labute approximate surface area is 222 Å². The number of benzene rings is 1. The van der Waals surface area contributed by atoms with Crippen LogP contribution in [0.25, 0.3) is 5.65 Å². The van der Waals surface area contributed by atoms with Gasteiger partial charge in [-0.2, -0.15) is 5.10 Å². The minimum absolute atomic E-state index is 0.0318. The van der Waals surface area contributed by atoms with Crippen molar-refractivity contribution in [2.45, 2.75) is 44.6 Å². The van der Waals surface area contributed by atoms with E-state index >= 15 is 0 Å². The number of aromatic nitrogens is 2. The molecular weight excluding hydrogens is 483 g/mol. The zero-order chi connectivity index (χ0) is 26.2. The molecule has 9 heteroatoms. The quantitative estimate of drug-likeness (QED) is 0.329. The largest absolute Gasteiger partial charge is 0.496 e. The summed E-state index contributed by atoms with van der Waals surface area (Å²) in [5.74, 6) is 0.898. The highest BCUT2D eigenvalue weighted by atomic mass is 19.1. The minimum atomic E-state index is -0.676. The predicted molar refractivity (Wildman–Crippen MR) is 144 cm³/mol. The smallest absolute Gasteiger partial charge is 0.136 e. The highest BCUT2D eigenvalue weighted by Gasteiger charge is 2.38. The number of hydrogen-bond acceptors (Lipinski definition) is 7. The summed E-state index contributed by atoms with van der Waals surface area (Å²) < 4.78 is 22.0. The van der Waals surface area contributed by atoms with Crippen LogP contribution < -0.4 is 15.5 Å². The third-order valence-electron chi connectivity index (χ3n) is 8.12. The summed E-state index contributed by atoms with van der Waals surface area (Å²) in [6.45, 7) is 4.31. The molecule has 2 aromatic heterocycles. The number of hydrazone groups is 1. The number of rotatable bonds is 7. The van der Waals surface area contributed by atoms with Gasteiger partial charge >= 0.3 is 0 Å². The van der Waals surface area contributed by atoms with Gasteiger partial charge in [-0.05, 0) is 43.0 Å². The maximum atomic E-state index is 14.6. The van der Waals surface area contributed by atoms with E-state index in [0.29, 0.717) is 23.8 Å². The molecule has 0 saturated carbocycles. The number of likely N-dealkylation sites (tertiary alicyclic amines) is 1. The Balaban J connectivity index is 1.11. The molecule has 3 N–H and O–H groups in total. The Hall–Kier alpha value is -3.27. The summed E-state index contributed by atoms with van der Waals surface area (Å²) in [5.41, 5.74) is 6.83. The molecule has 8 nitrogen and oxygen atoms in total. The summed E-state index contributed by atoms with van der Waals surface area (Å²) in [5, 5.41) is 19.4. The van der Waals surface area contributed by atoms with Gasteiger partial charge in [0.15, 0.2) is 0 Å². The maximum Gasteiger partial charge on any atom is 0.136 e. The first-order valence-corrected chi connectivity index (χ1v) is 13.4. The van der Waals surface area contributed by atoms with Crippen molar-refractivity contribution in [3.63, 3.8) is 0 Å². The number of methoxy groups -OCH3 is 1. The highest BCUT2D eigenvalue weighted by Crippen LogP contribution is 2.33. The molecule has 0 spiro atoms. The van der Waals surface area contributed by atoms with E-state index in [9.17, 15) is 9.50 Å². The Bertz CT molecular complexity index is 1360. The van der Waals surface area contributed by atoms with Crippen LogP contribution in [0.2, 0.25) is 0 Å². The fourth-order valence-electron chi connectivity index (χ4n) is 6.32. The van der Waals surface area contributed by atoms with Crippen LogP contribution in [0.3, 0.4) is 0 Å². The summed E-state index contributed by atoms with van der Waals surface area (Å²) in [7, 11) is 1.58. The number of halogens is 1. The van der Waals surface area contributed by atoms with Crippen molar-refractivity contribution in [2.75, 3.05) is 20.2 Å². The van der Waals surface area contributed by atoms with Crippen LogP contribution in [0.4, 0.5) is 4.39 Å². The van der Waals surface area contributed by atoms with Gasteiger partial charge in [0.1, 0.15) is 23.4 Å². The van der Waals surface area contributed by atoms with Crippen molar-refractivity contribution >= 4 is 11.4 Å². The number of piperidine rings is 1. The molecule has 38 heavy (non-hydrogen) atoms. The van der Waals surface area contributed by atoms with Crippen LogP contribution in [-0.4, -0.2) is 63.6 Å². The molecule has 1 fully saturated rings. The van der Waals surface area contributed by atoms with Gasteiger partial charge in [0, 0.05) is 67.2 Å². The Morgan fingerprint density at radius 3 is 2.97 bits per heavy atom. The molecule has 0 amide bonds. The van der Waals surface area contributed by atoms with Crippen LogP contribution >= 0.6 is 0 Å². The van der Waals surface area contributed by atoms with Gasteiger partial charge < -0.3 is 19.7 Å². The number of pyridine rings is 1. The molecule has 4 heterocycles. The topological polar surface area (TPSA) is 86.4 Å². The van der Waals surface area contributed by atoms with E-state index in [0.717, 1.165) is 42.9 Å². The van der Waals surface area contributed by atoms with Crippen molar-refractivity contribution in [3.8, 4) is 5.75 Å². The van der Waals surface area contributed by atoms with Gasteiger partial charge in [0.05, 0.1) is 18.9 Å². The van der Waals surface area contributed by atoms with Gasteiger partial charge in [-0.3, -0.25) is 10.2 Å². The monoisotopic (exact) mass is 518 g/mol. The van der Waals surface area contributed by atoms with E-state index in [-0.39, 0.29) is 29.7 Å². The number of imidazole rings is 1. The van der Waals surface area contributed by atoms with E-state index < -0.39 is 6.23 Å². The molecule has 6 atom stereocenters. The molecule has 3 aliphatic rings. The number of fused-ring (bicyclic) bond motifs is 2. The van der Waals surface area contributed by atoms with Gasteiger partial charge in [-0.25, -0.2) is 9.37 Å². The lowest BCUT2D eigenvalue weighted by molar-refractivity contribution is 0.0446. The van der Waals surface area contributed by atoms with Crippen molar-refractivity contribution in [1.29, 1.82) is 0 Å². The molecular formula is C29H35FN6O2. The Kier molecular flexibility index (Phi) is 6.90. The van der Waals surface area contributed by atoms with Crippen molar-refractivity contribution in [1.82, 2.24) is 25.0 Å². The second-order valence-electron chi connectivity index (χ2n) is 10.9. The summed E-state index contributed by atoms with van der Waals surface area (Å²) in [6.07, 6.45) is 11.1. The first-order valence-electron chi connectivity index (χ1n) is 13.4. The van der Waals surface area contributed by atoms with E-state index in [4.69, 9.17) is 4.74 Å². The number of nitrogens with zero attached hydrogens (tertiary/aromatic N) is 4. The average Bonchev–Trinajstić information content (AvgIpc) is 3.55. The van der Waals surface area contributed by atoms with Crippen LogP contribution in [0.15, 0.2) is 66.2 Å². The van der Waals surface area contributed by atoms with Crippen LogP contribution in [0, 0.1) is 23.6 Å². The predicted octanol–water partition coefficient (Wildman–Crippen LogP) is 3.17. The van der Waals surface area contributed by atoms with Crippen molar-refractivity contribution in [2.24, 2.45) is 22.9 Å². The lowest BCUT2D eigenvalue weighted by Gasteiger charge is -2.39. The first kappa shape index (κ1) is 25.0. The van der Waals surface area contributed by atoms with Gasteiger partial charge in [0.2, 0.25) is 0 Å². The molecule has 2 aliphatic heterocycles. The molecule has 0 bridgehead atoms. The zero-order valence-electron chi connectivity index (χ0n) is 21.8. The minimum Gasteiger partial charge on any atom is -0.496 e. The van der Waals surface area contributed by atoms with Gasteiger partial charge in [-0.15, -0.1) is 0 Å². The number of nitrogens with one attached hydrogen (secondary N) is 2. The van der Waals surface area contributed by atoms with Crippen molar-refractivity contribution in [3.05, 3.63) is 78.0 Å². The number of aliphatic hydroxyl groups is 1. The van der Waals surface area contributed by atoms with Crippen LogP contribution in [-0.2, 0) is 6.54 Å². The SMILES string of the molecule is COc1cccc(F)c1CN1C[C@H](C)C[C@@H](NC(O)C2C=CC3NN=C(c4ccc5nccn5c4)C3C2)C1. The number of ether oxygens (including phenoxy) is 1.